The smallest absolute Gasteiger partial charge is 0.274 e. The zero-order valence-electron chi connectivity index (χ0n) is 6.74. The van der Waals surface area contributed by atoms with Gasteiger partial charge in [-0.15, -0.1) is 0 Å². The minimum Gasteiger partial charge on any atom is -0.274 e. The molecular weight excluding hydrogens is 322 g/mol. The third-order valence-electron chi connectivity index (χ3n) is 1.44. The Morgan fingerprint density at radius 2 is 1.79 bits per heavy atom. The summed E-state index contributed by atoms with van der Waals surface area (Å²) >= 11 is 1.38. The Bertz CT molecular complexity index is 342. The van der Waals surface area contributed by atoms with E-state index in [1.807, 2.05) is 0 Å². The van der Waals surface area contributed by atoms with Crippen LogP contribution in [-0.2, 0) is 13.0 Å². The normalized spacial score (nSPS) is 13.4. The monoisotopic (exact) mass is 326 g/mol. The van der Waals surface area contributed by atoms with Gasteiger partial charge in [-0.05, 0) is 22.6 Å². The summed E-state index contributed by atoms with van der Waals surface area (Å²) in [6.45, 7) is 0. The molecule has 0 amide bonds. The molecule has 1 aromatic rings. The topological polar surface area (TPSA) is 17.8 Å². The maximum absolute atomic E-state index is 12.7. The fourth-order valence-electron chi connectivity index (χ4n) is 0.807. The molecule has 1 rings (SSSR count). The Kier molecular flexibility index (Phi) is 2.76. The molecule has 0 aliphatic carbocycles. The van der Waals surface area contributed by atoms with Crippen LogP contribution in [0.4, 0.5) is 22.0 Å². The van der Waals surface area contributed by atoms with E-state index < -0.39 is 17.8 Å². The lowest BCUT2D eigenvalue weighted by Crippen LogP contribution is -2.34. The number of aryl methyl sites for hydroxylation is 1. The molecule has 0 saturated carbocycles. The summed E-state index contributed by atoms with van der Waals surface area (Å²) in [5.41, 5.74) is -1.26. The zero-order valence-corrected chi connectivity index (χ0v) is 8.90. The summed E-state index contributed by atoms with van der Waals surface area (Å²) in [5.74, 6) is -4.90. The van der Waals surface area contributed by atoms with Gasteiger partial charge in [-0.2, -0.15) is 27.1 Å². The van der Waals surface area contributed by atoms with Crippen LogP contribution in [0.2, 0.25) is 0 Å². The van der Waals surface area contributed by atoms with Gasteiger partial charge in [0.05, 0.1) is 3.57 Å². The summed E-state index contributed by atoms with van der Waals surface area (Å²) < 4.78 is 61.9. The quantitative estimate of drug-likeness (QED) is 0.573. The average Bonchev–Trinajstić information content (AvgIpc) is 2.27. The molecule has 0 radical (unpaired) electrons. The number of aromatic nitrogens is 2. The van der Waals surface area contributed by atoms with Gasteiger partial charge in [0.25, 0.3) is 0 Å². The molecule has 14 heavy (non-hydrogen) atoms. The van der Waals surface area contributed by atoms with Crippen LogP contribution >= 0.6 is 22.6 Å². The van der Waals surface area contributed by atoms with E-state index in [2.05, 4.69) is 5.10 Å². The van der Waals surface area contributed by atoms with Crippen molar-refractivity contribution >= 4 is 22.6 Å². The van der Waals surface area contributed by atoms with Crippen molar-refractivity contribution in [2.24, 2.45) is 7.05 Å². The molecule has 0 aliphatic heterocycles. The highest BCUT2D eigenvalue weighted by Crippen LogP contribution is 2.44. The maximum Gasteiger partial charge on any atom is 0.459 e. The number of hydrogen-bond acceptors (Lipinski definition) is 1. The van der Waals surface area contributed by atoms with Crippen molar-refractivity contribution in [3.63, 3.8) is 0 Å². The Balaban J connectivity index is 3.22. The van der Waals surface area contributed by atoms with Gasteiger partial charge in [0.15, 0.2) is 5.69 Å². The van der Waals surface area contributed by atoms with Gasteiger partial charge in [-0.3, -0.25) is 4.68 Å². The number of nitrogens with zero attached hydrogens (tertiary/aromatic N) is 2. The largest absolute Gasteiger partial charge is 0.459 e. The van der Waals surface area contributed by atoms with Crippen LogP contribution in [-0.4, -0.2) is 16.0 Å². The summed E-state index contributed by atoms with van der Waals surface area (Å²) in [6, 6.07) is 0. The minimum atomic E-state index is -5.61. The van der Waals surface area contributed by atoms with Crippen LogP contribution in [0.3, 0.4) is 0 Å². The molecular formula is C6H4F5IN2. The van der Waals surface area contributed by atoms with Crippen LogP contribution in [0.25, 0.3) is 0 Å². The molecule has 0 saturated heterocycles. The third kappa shape index (κ3) is 1.84. The van der Waals surface area contributed by atoms with Gasteiger partial charge in [-0.25, -0.2) is 0 Å². The lowest BCUT2D eigenvalue weighted by atomic mass is 10.2. The van der Waals surface area contributed by atoms with E-state index in [1.165, 1.54) is 29.6 Å². The zero-order chi connectivity index (χ0) is 11.1. The van der Waals surface area contributed by atoms with Crippen LogP contribution in [0.1, 0.15) is 5.69 Å². The van der Waals surface area contributed by atoms with Crippen molar-refractivity contribution in [3.05, 3.63) is 15.5 Å². The Labute approximate surface area is 89.2 Å². The van der Waals surface area contributed by atoms with Crippen LogP contribution in [0, 0.1) is 3.57 Å². The second-order valence-corrected chi connectivity index (χ2v) is 3.73. The molecule has 1 heterocycles. The van der Waals surface area contributed by atoms with Gasteiger partial charge in [0, 0.05) is 13.2 Å². The molecule has 0 aromatic carbocycles. The van der Waals surface area contributed by atoms with Crippen molar-refractivity contribution in [2.75, 3.05) is 0 Å². The van der Waals surface area contributed by atoms with E-state index in [1.54, 1.807) is 0 Å². The number of rotatable bonds is 1. The van der Waals surface area contributed by atoms with Gasteiger partial charge in [-0.1, -0.05) is 0 Å². The molecule has 0 atom stereocenters. The third-order valence-corrected chi connectivity index (χ3v) is 2.23. The standard InChI is InChI=1S/C6H4F5IN2/c1-14-2-3(12)4(13-14)5(7,8)6(9,10)11/h2H,1H3. The second kappa shape index (κ2) is 3.31. The van der Waals surface area contributed by atoms with Crippen molar-refractivity contribution < 1.29 is 22.0 Å². The van der Waals surface area contributed by atoms with E-state index in [0.717, 1.165) is 10.9 Å². The fourth-order valence-corrected chi connectivity index (χ4v) is 1.66. The Morgan fingerprint density at radius 3 is 2.07 bits per heavy atom. The molecule has 0 unspecified atom stereocenters. The molecule has 0 N–H and O–H groups in total. The first-order chi connectivity index (χ1) is 6.16. The predicted octanol–water partition coefficient (Wildman–Crippen LogP) is 2.68. The lowest BCUT2D eigenvalue weighted by Gasteiger charge is -2.17. The van der Waals surface area contributed by atoms with E-state index in [0.29, 0.717) is 0 Å². The van der Waals surface area contributed by atoms with E-state index >= 15 is 0 Å². The molecule has 80 valence electrons. The Morgan fingerprint density at radius 1 is 1.29 bits per heavy atom. The molecule has 1 aromatic heterocycles. The second-order valence-electron chi connectivity index (χ2n) is 2.57. The average molecular weight is 326 g/mol. The predicted molar refractivity (Wildman–Crippen MR) is 45.9 cm³/mol. The molecule has 2 nitrogen and oxygen atoms in total. The molecule has 0 aliphatic rings. The SMILES string of the molecule is Cn1cc(I)c(C(F)(F)C(F)(F)F)n1. The van der Waals surface area contributed by atoms with Crippen molar-refractivity contribution in [1.29, 1.82) is 0 Å². The highest BCUT2D eigenvalue weighted by molar-refractivity contribution is 14.1. The van der Waals surface area contributed by atoms with Gasteiger partial charge in [0.2, 0.25) is 0 Å². The summed E-state index contributed by atoms with van der Waals surface area (Å²) in [5, 5.41) is 3.09. The number of hydrogen-bond donors (Lipinski definition) is 0. The highest BCUT2D eigenvalue weighted by atomic mass is 127. The van der Waals surface area contributed by atoms with Crippen molar-refractivity contribution in [2.45, 2.75) is 12.1 Å². The first-order valence-corrected chi connectivity index (χ1v) is 4.38. The molecule has 0 spiro atoms. The first kappa shape index (κ1) is 11.7. The van der Waals surface area contributed by atoms with Gasteiger partial charge >= 0.3 is 12.1 Å². The number of halogens is 6. The van der Waals surface area contributed by atoms with Crippen molar-refractivity contribution in [3.8, 4) is 0 Å². The summed E-state index contributed by atoms with van der Waals surface area (Å²) in [7, 11) is 1.28. The van der Waals surface area contributed by atoms with Crippen molar-refractivity contribution in [1.82, 2.24) is 9.78 Å². The minimum absolute atomic E-state index is 0.215. The Hall–Kier alpha value is -0.410. The molecule has 0 fully saturated rings. The van der Waals surface area contributed by atoms with Gasteiger partial charge in [0.1, 0.15) is 0 Å². The molecule has 8 heteroatoms. The molecule has 0 bridgehead atoms. The van der Waals surface area contributed by atoms with Crippen LogP contribution in [0.5, 0.6) is 0 Å². The fraction of sp³-hybridized carbons (Fsp3) is 0.500. The van der Waals surface area contributed by atoms with Crippen LogP contribution in [0.15, 0.2) is 6.20 Å². The van der Waals surface area contributed by atoms with E-state index in [9.17, 15) is 22.0 Å². The summed E-state index contributed by atoms with van der Waals surface area (Å²) in [6.07, 6.45) is -4.52. The summed E-state index contributed by atoms with van der Waals surface area (Å²) in [4.78, 5) is 0. The van der Waals surface area contributed by atoms with E-state index in [4.69, 9.17) is 0 Å². The van der Waals surface area contributed by atoms with Crippen LogP contribution < -0.4 is 0 Å². The van der Waals surface area contributed by atoms with Gasteiger partial charge < -0.3 is 0 Å². The number of alkyl halides is 5. The first-order valence-electron chi connectivity index (χ1n) is 3.30. The lowest BCUT2D eigenvalue weighted by molar-refractivity contribution is -0.291. The highest BCUT2D eigenvalue weighted by Gasteiger charge is 2.61. The van der Waals surface area contributed by atoms with E-state index in [-0.39, 0.29) is 3.57 Å². The maximum atomic E-state index is 12.7.